The SMILES string of the molecule is Clc1ccc(CNc2nc(Cl)nc(NCCN3CCOCC3)n2)cc1. The van der Waals surface area contributed by atoms with Crippen LogP contribution in [-0.4, -0.2) is 59.2 Å². The van der Waals surface area contributed by atoms with Crippen LogP contribution in [0.4, 0.5) is 11.9 Å². The zero-order valence-electron chi connectivity index (χ0n) is 13.7. The average Bonchev–Trinajstić information content (AvgIpc) is 2.62. The molecule has 1 saturated heterocycles. The first-order valence-corrected chi connectivity index (χ1v) is 8.88. The normalized spacial score (nSPS) is 15.1. The molecule has 0 radical (unpaired) electrons. The molecule has 7 nitrogen and oxygen atoms in total. The van der Waals surface area contributed by atoms with Crippen LogP contribution in [0.3, 0.4) is 0 Å². The van der Waals surface area contributed by atoms with Crippen molar-refractivity contribution < 1.29 is 4.74 Å². The minimum absolute atomic E-state index is 0.155. The summed E-state index contributed by atoms with van der Waals surface area (Å²) in [7, 11) is 0. The lowest BCUT2D eigenvalue weighted by Gasteiger charge is -2.26. The Balaban J connectivity index is 1.51. The van der Waals surface area contributed by atoms with E-state index in [1.807, 2.05) is 24.3 Å². The molecule has 0 saturated carbocycles. The molecule has 1 fully saturated rings. The van der Waals surface area contributed by atoms with Gasteiger partial charge in [-0.05, 0) is 29.3 Å². The summed E-state index contributed by atoms with van der Waals surface area (Å²) in [4.78, 5) is 14.9. The monoisotopic (exact) mass is 382 g/mol. The number of anilines is 2. The maximum Gasteiger partial charge on any atom is 0.229 e. The molecule has 0 bridgehead atoms. The molecule has 0 atom stereocenters. The number of hydrogen-bond acceptors (Lipinski definition) is 7. The summed E-state index contributed by atoms with van der Waals surface area (Å²) in [6, 6.07) is 7.58. The van der Waals surface area contributed by atoms with Gasteiger partial charge < -0.3 is 15.4 Å². The van der Waals surface area contributed by atoms with Crippen molar-refractivity contribution in [2.45, 2.75) is 6.54 Å². The van der Waals surface area contributed by atoms with E-state index in [1.54, 1.807) is 0 Å². The van der Waals surface area contributed by atoms with E-state index in [-0.39, 0.29) is 5.28 Å². The summed E-state index contributed by atoms with van der Waals surface area (Å²) < 4.78 is 5.34. The zero-order chi connectivity index (χ0) is 17.5. The van der Waals surface area contributed by atoms with E-state index in [0.29, 0.717) is 23.5 Å². The number of benzene rings is 1. The van der Waals surface area contributed by atoms with E-state index in [4.69, 9.17) is 27.9 Å². The van der Waals surface area contributed by atoms with E-state index in [1.165, 1.54) is 0 Å². The van der Waals surface area contributed by atoms with Crippen LogP contribution in [0.5, 0.6) is 0 Å². The molecule has 3 rings (SSSR count). The minimum Gasteiger partial charge on any atom is -0.379 e. The van der Waals surface area contributed by atoms with E-state index in [2.05, 4.69) is 30.5 Å². The molecule has 1 aromatic heterocycles. The number of hydrogen-bond donors (Lipinski definition) is 2. The third-order valence-corrected chi connectivity index (χ3v) is 4.21. The molecule has 2 heterocycles. The molecule has 0 unspecified atom stereocenters. The third-order valence-electron chi connectivity index (χ3n) is 3.79. The molecular formula is C16H20Cl2N6O. The van der Waals surface area contributed by atoms with Gasteiger partial charge in [-0.1, -0.05) is 23.7 Å². The maximum atomic E-state index is 5.99. The second-order valence-electron chi connectivity index (χ2n) is 5.61. The van der Waals surface area contributed by atoms with Crippen molar-refractivity contribution in [1.82, 2.24) is 19.9 Å². The summed E-state index contributed by atoms with van der Waals surface area (Å²) in [6.45, 7) is 5.69. The predicted octanol–water partition coefficient (Wildman–Crippen LogP) is 2.53. The maximum absolute atomic E-state index is 5.99. The van der Waals surface area contributed by atoms with Gasteiger partial charge in [-0.15, -0.1) is 0 Å². The number of nitrogens with zero attached hydrogens (tertiary/aromatic N) is 4. The van der Waals surface area contributed by atoms with Gasteiger partial charge in [0.15, 0.2) is 0 Å². The molecule has 2 aromatic rings. The van der Waals surface area contributed by atoms with Crippen LogP contribution < -0.4 is 10.6 Å². The van der Waals surface area contributed by atoms with E-state index in [9.17, 15) is 0 Å². The van der Waals surface area contributed by atoms with Crippen molar-refractivity contribution in [2.24, 2.45) is 0 Å². The van der Waals surface area contributed by atoms with Gasteiger partial charge in [-0.3, -0.25) is 4.90 Å². The first kappa shape index (κ1) is 18.1. The van der Waals surface area contributed by atoms with Crippen molar-refractivity contribution in [1.29, 1.82) is 0 Å². The summed E-state index contributed by atoms with van der Waals surface area (Å²) >= 11 is 11.9. The van der Waals surface area contributed by atoms with Crippen molar-refractivity contribution in [3.05, 3.63) is 40.1 Å². The Hall–Kier alpha value is -1.67. The highest BCUT2D eigenvalue weighted by Gasteiger charge is 2.10. The van der Waals surface area contributed by atoms with Gasteiger partial charge in [0.25, 0.3) is 0 Å². The van der Waals surface area contributed by atoms with Gasteiger partial charge in [0.1, 0.15) is 0 Å². The van der Waals surface area contributed by atoms with Crippen molar-refractivity contribution in [3.63, 3.8) is 0 Å². The fourth-order valence-corrected chi connectivity index (χ4v) is 2.73. The molecule has 0 amide bonds. The summed E-state index contributed by atoms with van der Waals surface area (Å²) in [5.41, 5.74) is 1.07. The molecule has 1 aliphatic heterocycles. The number of nitrogens with one attached hydrogen (secondary N) is 2. The fraction of sp³-hybridized carbons (Fsp3) is 0.438. The third kappa shape index (κ3) is 5.97. The van der Waals surface area contributed by atoms with Gasteiger partial charge >= 0.3 is 0 Å². The Bertz CT molecular complexity index is 679. The summed E-state index contributed by atoms with van der Waals surface area (Å²) in [5.74, 6) is 0.899. The van der Waals surface area contributed by atoms with Crippen LogP contribution in [0.25, 0.3) is 0 Å². The highest BCUT2D eigenvalue weighted by molar-refractivity contribution is 6.30. The van der Waals surface area contributed by atoms with Crippen molar-refractivity contribution >= 4 is 35.1 Å². The van der Waals surface area contributed by atoms with Gasteiger partial charge in [-0.2, -0.15) is 15.0 Å². The highest BCUT2D eigenvalue weighted by atomic mass is 35.5. The predicted molar refractivity (Wildman–Crippen MR) is 99.4 cm³/mol. The molecular weight excluding hydrogens is 363 g/mol. The second-order valence-corrected chi connectivity index (χ2v) is 6.39. The number of rotatable bonds is 7. The Morgan fingerprint density at radius 2 is 1.64 bits per heavy atom. The lowest BCUT2D eigenvalue weighted by Crippen LogP contribution is -2.39. The number of halogens is 2. The Labute approximate surface area is 156 Å². The van der Waals surface area contributed by atoms with Gasteiger partial charge in [0.2, 0.25) is 17.2 Å². The van der Waals surface area contributed by atoms with E-state index >= 15 is 0 Å². The second kappa shape index (κ2) is 9.15. The van der Waals surface area contributed by atoms with Crippen molar-refractivity contribution in [2.75, 3.05) is 50.0 Å². The van der Waals surface area contributed by atoms with Gasteiger partial charge in [-0.25, -0.2) is 0 Å². The molecule has 0 spiro atoms. The van der Waals surface area contributed by atoms with Gasteiger partial charge in [0.05, 0.1) is 13.2 Å². The number of aromatic nitrogens is 3. The highest BCUT2D eigenvalue weighted by Crippen LogP contribution is 2.13. The standard InChI is InChI=1S/C16H20Cl2N6O/c17-13-3-1-12(2-4-13)11-20-16-22-14(18)21-15(23-16)19-5-6-24-7-9-25-10-8-24/h1-4H,5-11H2,(H2,19,20,21,22,23). The molecule has 134 valence electrons. The average molecular weight is 383 g/mol. The molecule has 1 aliphatic rings. The molecule has 9 heteroatoms. The van der Waals surface area contributed by atoms with Crippen LogP contribution in [0.1, 0.15) is 5.56 Å². The van der Waals surface area contributed by atoms with E-state index < -0.39 is 0 Å². The van der Waals surface area contributed by atoms with Crippen LogP contribution in [0.15, 0.2) is 24.3 Å². The van der Waals surface area contributed by atoms with Crippen LogP contribution in [0.2, 0.25) is 10.3 Å². The first-order chi connectivity index (χ1) is 12.2. The van der Waals surface area contributed by atoms with Gasteiger partial charge in [0, 0.05) is 37.7 Å². The Kier molecular flexibility index (Phi) is 6.63. The first-order valence-electron chi connectivity index (χ1n) is 8.13. The lowest BCUT2D eigenvalue weighted by molar-refractivity contribution is 0.0398. The van der Waals surface area contributed by atoms with Crippen molar-refractivity contribution in [3.8, 4) is 0 Å². The molecule has 2 N–H and O–H groups in total. The summed E-state index contributed by atoms with van der Waals surface area (Å²) in [5, 5.41) is 7.20. The molecule has 0 aliphatic carbocycles. The number of ether oxygens (including phenoxy) is 1. The largest absolute Gasteiger partial charge is 0.379 e. The number of morpholine rings is 1. The van der Waals surface area contributed by atoms with Crippen LogP contribution in [-0.2, 0) is 11.3 Å². The quantitative estimate of drug-likeness (QED) is 0.761. The Morgan fingerprint density at radius 3 is 2.36 bits per heavy atom. The lowest BCUT2D eigenvalue weighted by atomic mass is 10.2. The summed E-state index contributed by atoms with van der Waals surface area (Å²) in [6.07, 6.45) is 0. The minimum atomic E-state index is 0.155. The topological polar surface area (TPSA) is 75.2 Å². The zero-order valence-corrected chi connectivity index (χ0v) is 15.2. The molecule has 25 heavy (non-hydrogen) atoms. The smallest absolute Gasteiger partial charge is 0.229 e. The molecule has 1 aromatic carbocycles. The van der Waals surface area contributed by atoms with E-state index in [0.717, 1.165) is 45.0 Å². The Morgan fingerprint density at radius 1 is 0.960 bits per heavy atom. The van der Waals surface area contributed by atoms with Crippen LogP contribution in [0, 0.1) is 0 Å². The fourth-order valence-electron chi connectivity index (χ4n) is 2.44. The van der Waals surface area contributed by atoms with Crippen LogP contribution >= 0.6 is 23.2 Å².